The van der Waals surface area contributed by atoms with Crippen LogP contribution in [-0.4, -0.2) is 0 Å². The Bertz CT molecular complexity index is 2690. The van der Waals surface area contributed by atoms with Crippen LogP contribution in [0.15, 0.2) is 200 Å². The number of rotatable bonds is 7. The molecule has 1 nitrogen and oxygen atoms in total. The standard InChI is InChI=1S/C46H33N/c1-3-13-34(14-4-1)35-25-29-41(30-26-35)47(46-24-10-9-22-45(46)38-15-5-2-6-16-38)42-31-27-36(28-32-42)39-19-11-20-40(33-39)44-23-12-18-37-17-7-8-21-43(37)44/h1-33H/i25D,26D,27D,28D,29D,30D,31D,32D. The number of benzene rings is 8. The van der Waals surface area contributed by atoms with E-state index < -0.39 is 12.1 Å². The van der Waals surface area contributed by atoms with Gasteiger partial charge in [0.2, 0.25) is 0 Å². The van der Waals surface area contributed by atoms with Crippen LogP contribution in [-0.2, 0) is 0 Å². The molecule has 0 amide bonds. The van der Waals surface area contributed by atoms with Gasteiger partial charge in [0, 0.05) is 16.9 Å². The number of hydrogen-bond acceptors (Lipinski definition) is 1. The van der Waals surface area contributed by atoms with Gasteiger partial charge in [0.15, 0.2) is 0 Å². The highest BCUT2D eigenvalue weighted by Gasteiger charge is 2.17. The van der Waals surface area contributed by atoms with E-state index in [1.807, 2.05) is 109 Å². The fourth-order valence-corrected chi connectivity index (χ4v) is 5.93. The molecule has 0 atom stereocenters. The fraction of sp³-hybridized carbons (Fsp3) is 0. The van der Waals surface area contributed by atoms with E-state index in [9.17, 15) is 8.22 Å². The molecule has 0 aliphatic heterocycles. The van der Waals surface area contributed by atoms with Crippen LogP contribution in [0.2, 0.25) is 0 Å². The van der Waals surface area contributed by atoms with E-state index in [1.165, 1.54) is 4.90 Å². The van der Waals surface area contributed by atoms with Gasteiger partial charge in [-0.3, -0.25) is 0 Å². The zero-order valence-electron chi connectivity index (χ0n) is 33.4. The van der Waals surface area contributed by atoms with Crippen molar-refractivity contribution >= 4 is 27.8 Å². The van der Waals surface area contributed by atoms with Crippen LogP contribution in [0.4, 0.5) is 17.1 Å². The maximum absolute atomic E-state index is 9.53. The molecule has 8 aromatic carbocycles. The summed E-state index contributed by atoms with van der Waals surface area (Å²) in [7, 11) is 0. The third-order valence-corrected chi connectivity index (χ3v) is 8.21. The second kappa shape index (κ2) is 12.7. The molecule has 0 aliphatic rings. The lowest BCUT2D eigenvalue weighted by Crippen LogP contribution is -2.11. The lowest BCUT2D eigenvalue weighted by atomic mass is 9.95. The van der Waals surface area contributed by atoms with Crippen molar-refractivity contribution in [3.63, 3.8) is 0 Å². The highest BCUT2D eigenvalue weighted by atomic mass is 15.1. The van der Waals surface area contributed by atoms with Crippen LogP contribution in [0.1, 0.15) is 11.0 Å². The van der Waals surface area contributed by atoms with Crippen LogP contribution in [0.25, 0.3) is 55.3 Å². The molecule has 0 radical (unpaired) electrons. The molecule has 8 rings (SSSR count). The van der Waals surface area contributed by atoms with Gasteiger partial charge in [-0.25, -0.2) is 0 Å². The molecular weight excluding hydrogens is 567 g/mol. The summed E-state index contributed by atoms with van der Waals surface area (Å²) in [5.41, 5.74) is 4.47. The Morgan fingerprint density at radius 1 is 0.340 bits per heavy atom. The molecule has 0 unspecified atom stereocenters. The normalized spacial score (nSPS) is 13.4. The maximum Gasteiger partial charge on any atom is 0.0645 e. The Morgan fingerprint density at radius 2 is 0.830 bits per heavy atom. The van der Waals surface area contributed by atoms with Gasteiger partial charge in [0.1, 0.15) is 0 Å². The average molecular weight is 608 g/mol. The minimum Gasteiger partial charge on any atom is -0.310 e. The Hall–Kier alpha value is -6.18. The molecule has 0 aromatic heterocycles. The zero-order valence-corrected chi connectivity index (χ0v) is 25.4. The van der Waals surface area contributed by atoms with Gasteiger partial charge in [-0.15, -0.1) is 0 Å². The highest BCUT2D eigenvalue weighted by molar-refractivity contribution is 5.97. The van der Waals surface area contributed by atoms with E-state index >= 15 is 0 Å². The molecule has 47 heavy (non-hydrogen) atoms. The molecule has 1 heteroatoms. The molecular formula is C46H33N. The van der Waals surface area contributed by atoms with Gasteiger partial charge >= 0.3 is 0 Å². The van der Waals surface area contributed by atoms with E-state index in [-0.39, 0.29) is 58.8 Å². The fourth-order valence-electron chi connectivity index (χ4n) is 5.93. The molecule has 0 heterocycles. The van der Waals surface area contributed by atoms with Crippen molar-refractivity contribution in [3.8, 4) is 44.5 Å². The third kappa shape index (κ3) is 5.72. The number of hydrogen-bond donors (Lipinski definition) is 0. The van der Waals surface area contributed by atoms with E-state index in [4.69, 9.17) is 2.74 Å². The summed E-state index contributed by atoms with van der Waals surface area (Å²) in [6, 6.07) is 44.2. The maximum atomic E-state index is 9.53. The Kier molecular flexibility index (Phi) is 5.60. The van der Waals surface area contributed by atoms with Crippen molar-refractivity contribution in [1.29, 1.82) is 0 Å². The molecule has 222 valence electrons. The zero-order chi connectivity index (χ0) is 38.4. The lowest BCUT2D eigenvalue weighted by Gasteiger charge is -2.28. The summed E-state index contributed by atoms with van der Waals surface area (Å²) >= 11 is 0. The highest BCUT2D eigenvalue weighted by Crippen LogP contribution is 2.42. The van der Waals surface area contributed by atoms with Gasteiger partial charge in [-0.1, -0.05) is 164 Å². The predicted molar refractivity (Wildman–Crippen MR) is 200 cm³/mol. The van der Waals surface area contributed by atoms with E-state index in [2.05, 4.69) is 0 Å². The summed E-state index contributed by atoms with van der Waals surface area (Å²) in [5, 5.41) is 2.11. The summed E-state index contributed by atoms with van der Waals surface area (Å²) in [4.78, 5) is 1.37. The van der Waals surface area contributed by atoms with Crippen molar-refractivity contribution in [2.45, 2.75) is 0 Å². The van der Waals surface area contributed by atoms with Crippen LogP contribution < -0.4 is 4.90 Å². The first-order chi connectivity index (χ1) is 26.7. The number of nitrogens with zero attached hydrogens (tertiary/aromatic N) is 1. The monoisotopic (exact) mass is 607 g/mol. The minimum atomic E-state index is -0.390. The quantitative estimate of drug-likeness (QED) is 0.174. The predicted octanol–water partition coefficient (Wildman–Crippen LogP) is 13.0. The molecule has 0 N–H and O–H groups in total. The average Bonchev–Trinajstić information content (AvgIpc) is 3.22. The second-order valence-corrected chi connectivity index (χ2v) is 11.1. The number of para-hydroxylation sites is 1. The molecule has 0 aliphatic carbocycles. The minimum absolute atomic E-state index is 0.108. The third-order valence-electron chi connectivity index (χ3n) is 8.21. The van der Waals surface area contributed by atoms with Gasteiger partial charge in [-0.2, -0.15) is 0 Å². The summed E-state index contributed by atoms with van der Waals surface area (Å²) in [6.45, 7) is 0. The first kappa shape index (κ1) is 20.8. The largest absolute Gasteiger partial charge is 0.310 e. The SMILES string of the molecule is [2H]c1c([2H])c(N(c2ccccc2-c2ccccc2)c2c([2H])c([2H])c(-c3cccc(-c4cccc5ccccc45)c3)c([2H])c2[2H])c([2H])c([2H])c1-c1ccccc1. The van der Waals surface area contributed by atoms with Crippen LogP contribution in [0, 0.1) is 0 Å². The molecule has 0 bridgehead atoms. The molecule has 0 spiro atoms. The Morgan fingerprint density at radius 3 is 1.55 bits per heavy atom. The van der Waals surface area contributed by atoms with E-state index in [0.717, 1.165) is 27.5 Å². The van der Waals surface area contributed by atoms with Gasteiger partial charge in [-0.05, 0) is 86.0 Å². The summed E-state index contributed by atoms with van der Waals surface area (Å²) in [5.74, 6) is 0. The van der Waals surface area contributed by atoms with Crippen molar-refractivity contribution in [2.75, 3.05) is 4.90 Å². The molecule has 0 saturated carbocycles. The van der Waals surface area contributed by atoms with Crippen LogP contribution in [0.5, 0.6) is 0 Å². The Labute approximate surface area is 287 Å². The number of fused-ring (bicyclic) bond motifs is 1. The first-order valence-corrected chi connectivity index (χ1v) is 15.5. The van der Waals surface area contributed by atoms with Gasteiger partial charge < -0.3 is 4.90 Å². The Balaban J connectivity index is 1.39. The molecule has 0 saturated heterocycles. The first-order valence-electron chi connectivity index (χ1n) is 19.5. The smallest absolute Gasteiger partial charge is 0.0645 e. The molecule has 8 aromatic rings. The van der Waals surface area contributed by atoms with Gasteiger partial charge in [0.25, 0.3) is 0 Å². The lowest BCUT2D eigenvalue weighted by molar-refractivity contribution is 1.28. The van der Waals surface area contributed by atoms with Crippen molar-refractivity contribution < 1.29 is 11.0 Å². The van der Waals surface area contributed by atoms with Crippen molar-refractivity contribution in [2.24, 2.45) is 0 Å². The second-order valence-electron chi connectivity index (χ2n) is 11.1. The van der Waals surface area contributed by atoms with Crippen LogP contribution >= 0.6 is 0 Å². The van der Waals surface area contributed by atoms with Gasteiger partial charge in [0.05, 0.1) is 16.7 Å². The van der Waals surface area contributed by atoms with E-state index in [0.29, 0.717) is 22.4 Å². The van der Waals surface area contributed by atoms with Crippen LogP contribution in [0.3, 0.4) is 0 Å². The summed E-state index contributed by atoms with van der Waals surface area (Å²) < 4.78 is 74.9. The molecule has 0 fully saturated rings. The van der Waals surface area contributed by atoms with Crippen molar-refractivity contribution in [1.82, 2.24) is 0 Å². The van der Waals surface area contributed by atoms with E-state index in [1.54, 1.807) is 42.5 Å². The topological polar surface area (TPSA) is 3.24 Å². The van der Waals surface area contributed by atoms with Crippen molar-refractivity contribution in [3.05, 3.63) is 200 Å². The number of anilines is 3. The summed E-state index contributed by atoms with van der Waals surface area (Å²) in [6.07, 6.45) is 0.